The molecule has 0 bridgehead atoms. The van der Waals surface area contributed by atoms with Crippen molar-refractivity contribution in [2.24, 2.45) is 4.99 Å². The largest absolute Gasteiger partial charge is 0.493 e. The SMILES string of the molecule is CN=C(NCc1ccc(C(=O)N(C)C)cc1)Nc1ccc(OC)c(OC)c1.I. The number of hydrogen-bond donors (Lipinski definition) is 2. The van der Waals surface area contributed by atoms with Crippen molar-refractivity contribution >= 4 is 41.5 Å². The number of halogens is 1. The molecule has 0 atom stereocenters. The monoisotopic (exact) mass is 498 g/mol. The number of amides is 1. The third kappa shape index (κ3) is 6.29. The Bertz CT molecular complexity index is 808. The average Bonchev–Trinajstić information content (AvgIpc) is 2.70. The van der Waals surface area contributed by atoms with Gasteiger partial charge in [-0.15, -0.1) is 24.0 Å². The Kier molecular flexibility index (Phi) is 9.57. The first kappa shape index (κ1) is 23.5. The molecule has 0 fully saturated rings. The van der Waals surface area contributed by atoms with E-state index >= 15 is 0 Å². The number of benzene rings is 2. The number of aliphatic imine (C=N–C) groups is 1. The number of nitrogens with one attached hydrogen (secondary N) is 2. The van der Waals surface area contributed by atoms with Crippen LogP contribution in [0.3, 0.4) is 0 Å². The van der Waals surface area contributed by atoms with Crippen LogP contribution in [0.1, 0.15) is 15.9 Å². The standard InChI is InChI=1S/C20H26N4O3.HI/c1-21-20(23-16-10-11-17(26-4)18(12-16)27-5)22-13-14-6-8-15(9-7-14)19(25)24(2)3;/h6-12H,13H2,1-5H3,(H2,21,22,23);1H. The van der Waals surface area contributed by atoms with Crippen LogP contribution in [-0.2, 0) is 6.54 Å². The molecule has 1 amide bonds. The number of hydrogen-bond acceptors (Lipinski definition) is 4. The van der Waals surface area contributed by atoms with E-state index in [1.807, 2.05) is 42.5 Å². The summed E-state index contributed by atoms with van der Waals surface area (Å²) in [4.78, 5) is 17.7. The summed E-state index contributed by atoms with van der Waals surface area (Å²) < 4.78 is 10.6. The predicted octanol–water partition coefficient (Wildman–Crippen LogP) is 3.21. The number of anilines is 1. The zero-order valence-electron chi connectivity index (χ0n) is 16.8. The lowest BCUT2D eigenvalue weighted by atomic mass is 10.1. The molecule has 0 heterocycles. The number of carbonyl (C=O) groups excluding carboxylic acids is 1. The zero-order chi connectivity index (χ0) is 19.8. The Balaban J connectivity index is 0.00000392. The lowest BCUT2D eigenvalue weighted by Gasteiger charge is -2.14. The van der Waals surface area contributed by atoms with E-state index in [-0.39, 0.29) is 29.9 Å². The molecule has 0 spiro atoms. The highest BCUT2D eigenvalue weighted by Crippen LogP contribution is 2.29. The molecule has 0 aromatic heterocycles. The van der Waals surface area contributed by atoms with Gasteiger partial charge < -0.3 is 25.0 Å². The Morgan fingerprint density at radius 1 is 1.04 bits per heavy atom. The van der Waals surface area contributed by atoms with Crippen LogP contribution in [0.5, 0.6) is 11.5 Å². The molecule has 0 saturated carbocycles. The third-order valence-corrected chi connectivity index (χ3v) is 3.94. The van der Waals surface area contributed by atoms with Gasteiger partial charge in [-0.05, 0) is 29.8 Å². The summed E-state index contributed by atoms with van der Waals surface area (Å²) in [6.45, 7) is 0.573. The smallest absolute Gasteiger partial charge is 0.253 e. The van der Waals surface area contributed by atoms with Gasteiger partial charge in [-0.25, -0.2) is 0 Å². The van der Waals surface area contributed by atoms with Gasteiger partial charge in [0.15, 0.2) is 17.5 Å². The molecule has 8 heteroatoms. The highest BCUT2D eigenvalue weighted by atomic mass is 127. The first-order valence-corrected chi connectivity index (χ1v) is 8.48. The van der Waals surface area contributed by atoms with Gasteiger partial charge in [0.2, 0.25) is 0 Å². The quantitative estimate of drug-likeness (QED) is 0.364. The van der Waals surface area contributed by atoms with Crippen molar-refractivity contribution in [1.82, 2.24) is 10.2 Å². The van der Waals surface area contributed by atoms with Gasteiger partial charge in [0, 0.05) is 45.0 Å². The van der Waals surface area contributed by atoms with Gasteiger partial charge in [-0.2, -0.15) is 0 Å². The maximum Gasteiger partial charge on any atom is 0.253 e. The summed E-state index contributed by atoms with van der Waals surface area (Å²) in [6.07, 6.45) is 0. The molecule has 2 N–H and O–H groups in total. The lowest BCUT2D eigenvalue weighted by Crippen LogP contribution is -2.30. The van der Waals surface area contributed by atoms with Gasteiger partial charge in [0.05, 0.1) is 14.2 Å². The summed E-state index contributed by atoms with van der Waals surface area (Å²) in [6, 6.07) is 13.0. The maximum atomic E-state index is 11.9. The van der Waals surface area contributed by atoms with E-state index in [1.165, 1.54) is 0 Å². The molecule has 28 heavy (non-hydrogen) atoms. The molecule has 0 unspecified atom stereocenters. The summed E-state index contributed by atoms with van der Waals surface area (Å²) >= 11 is 0. The molecule has 2 rings (SSSR count). The van der Waals surface area contributed by atoms with Gasteiger partial charge >= 0.3 is 0 Å². The highest BCUT2D eigenvalue weighted by molar-refractivity contribution is 14.0. The lowest BCUT2D eigenvalue weighted by molar-refractivity contribution is 0.0827. The van der Waals surface area contributed by atoms with Crippen molar-refractivity contribution < 1.29 is 14.3 Å². The number of carbonyl (C=O) groups is 1. The first-order chi connectivity index (χ1) is 13.0. The molecule has 152 valence electrons. The van der Waals surface area contributed by atoms with Crippen LogP contribution in [-0.4, -0.2) is 52.1 Å². The van der Waals surface area contributed by atoms with Crippen molar-refractivity contribution in [2.45, 2.75) is 6.54 Å². The van der Waals surface area contributed by atoms with E-state index < -0.39 is 0 Å². The highest BCUT2D eigenvalue weighted by Gasteiger charge is 2.08. The minimum atomic E-state index is -0.0135. The summed E-state index contributed by atoms with van der Waals surface area (Å²) in [5.41, 5.74) is 2.53. The van der Waals surface area contributed by atoms with Crippen molar-refractivity contribution in [1.29, 1.82) is 0 Å². The van der Waals surface area contributed by atoms with E-state index in [0.29, 0.717) is 29.6 Å². The van der Waals surface area contributed by atoms with Crippen LogP contribution in [0.15, 0.2) is 47.5 Å². The molecule has 7 nitrogen and oxygen atoms in total. The second kappa shape index (κ2) is 11.4. The molecule has 0 radical (unpaired) electrons. The van der Waals surface area contributed by atoms with E-state index in [9.17, 15) is 4.79 Å². The normalized spacial score (nSPS) is 10.5. The number of ether oxygens (including phenoxy) is 2. The van der Waals surface area contributed by atoms with Crippen molar-refractivity contribution in [3.05, 3.63) is 53.6 Å². The maximum absolute atomic E-state index is 11.9. The summed E-state index contributed by atoms with van der Waals surface area (Å²) in [5.74, 6) is 1.91. The van der Waals surface area contributed by atoms with Crippen LogP contribution in [0.25, 0.3) is 0 Å². The Morgan fingerprint density at radius 3 is 2.21 bits per heavy atom. The van der Waals surface area contributed by atoms with Gasteiger partial charge in [-0.1, -0.05) is 12.1 Å². The minimum absolute atomic E-state index is 0. The van der Waals surface area contributed by atoms with Gasteiger partial charge in [0.25, 0.3) is 5.91 Å². The average molecular weight is 498 g/mol. The van der Waals surface area contributed by atoms with E-state index in [0.717, 1.165) is 11.3 Å². The molecule has 2 aromatic carbocycles. The number of nitrogens with zero attached hydrogens (tertiary/aromatic N) is 2. The second-order valence-corrected chi connectivity index (χ2v) is 6.02. The van der Waals surface area contributed by atoms with Crippen molar-refractivity contribution in [3.8, 4) is 11.5 Å². The Labute approximate surface area is 183 Å². The molecule has 2 aromatic rings. The molecule has 0 aliphatic heterocycles. The zero-order valence-corrected chi connectivity index (χ0v) is 19.1. The number of rotatable bonds is 6. The molecule has 0 saturated heterocycles. The van der Waals surface area contributed by atoms with E-state index in [1.54, 1.807) is 40.3 Å². The van der Waals surface area contributed by atoms with E-state index in [4.69, 9.17) is 9.47 Å². The predicted molar refractivity (Wildman–Crippen MR) is 123 cm³/mol. The Morgan fingerprint density at radius 2 is 1.68 bits per heavy atom. The van der Waals surface area contributed by atoms with Crippen LogP contribution in [0.2, 0.25) is 0 Å². The van der Waals surface area contributed by atoms with Crippen LogP contribution < -0.4 is 20.1 Å². The molecule has 0 aliphatic carbocycles. The van der Waals surface area contributed by atoms with Crippen molar-refractivity contribution in [3.63, 3.8) is 0 Å². The van der Waals surface area contributed by atoms with Crippen molar-refractivity contribution in [2.75, 3.05) is 40.7 Å². The minimum Gasteiger partial charge on any atom is -0.493 e. The number of guanidine groups is 1. The fourth-order valence-electron chi connectivity index (χ4n) is 2.44. The molecular formula is C20H27IN4O3. The van der Waals surface area contributed by atoms with Gasteiger partial charge in [0.1, 0.15) is 0 Å². The van der Waals surface area contributed by atoms with E-state index in [2.05, 4.69) is 15.6 Å². The topological polar surface area (TPSA) is 75.2 Å². The molecule has 0 aliphatic rings. The third-order valence-electron chi connectivity index (χ3n) is 3.94. The first-order valence-electron chi connectivity index (χ1n) is 8.48. The van der Waals surface area contributed by atoms with Crippen LogP contribution >= 0.6 is 24.0 Å². The summed E-state index contributed by atoms with van der Waals surface area (Å²) in [5, 5.41) is 6.46. The fraction of sp³-hybridized carbons (Fsp3) is 0.300. The van der Waals surface area contributed by atoms with Gasteiger partial charge in [-0.3, -0.25) is 9.79 Å². The number of methoxy groups -OCH3 is 2. The molecular weight excluding hydrogens is 471 g/mol. The Hall–Kier alpha value is -2.49. The van der Waals surface area contributed by atoms with Crippen LogP contribution in [0, 0.1) is 0 Å². The second-order valence-electron chi connectivity index (χ2n) is 6.02. The van der Waals surface area contributed by atoms with Crippen LogP contribution in [0.4, 0.5) is 5.69 Å². The summed E-state index contributed by atoms with van der Waals surface area (Å²) in [7, 11) is 8.38. The fourth-order valence-corrected chi connectivity index (χ4v) is 2.44.